The fraction of sp³-hybridized carbons (Fsp3) is 0.586. The topological polar surface area (TPSA) is 83.5 Å². The van der Waals surface area contributed by atoms with Crippen LogP contribution in [0.5, 0.6) is 5.88 Å². The van der Waals surface area contributed by atoms with Crippen LogP contribution in [0.4, 0.5) is 0 Å². The molecular weight excluding hydrogens is 474 g/mol. The summed E-state index contributed by atoms with van der Waals surface area (Å²) < 4.78 is 6.50. The van der Waals surface area contributed by atoms with Gasteiger partial charge in [-0.2, -0.15) is 0 Å². The number of aliphatic hydroxyl groups is 1. The van der Waals surface area contributed by atoms with E-state index in [9.17, 15) is 9.90 Å². The first-order chi connectivity index (χ1) is 16.9. The molecule has 5 atom stereocenters. The zero-order chi connectivity index (χ0) is 26.1. The number of fused-ring (bicyclic) bond motifs is 1. The van der Waals surface area contributed by atoms with Gasteiger partial charge in [0.2, 0.25) is 11.8 Å². The molecule has 1 saturated carbocycles. The van der Waals surface area contributed by atoms with Crippen molar-refractivity contribution in [2.75, 3.05) is 6.54 Å². The minimum Gasteiger partial charge on any atom is -0.470 e. The lowest BCUT2D eigenvalue weighted by Crippen LogP contribution is -2.56. The molecule has 7 heteroatoms. The van der Waals surface area contributed by atoms with Crippen LogP contribution in [0, 0.1) is 11.3 Å². The Hall–Kier alpha value is -2.15. The molecule has 1 aromatic heterocycles. The number of carbonyl (C=O) groups excluding carboxylic acids is 1. The van der Waals surface area contributed by atoms with Crippen molar-refractivity contribution in [3.05, 3.63) is 58.2 Å². The first-order valence-corrected chi connectivity index (χ1v) is 13.4. The van der Waals surface area contributed by atoms with E-state index in [1.54, 1.807) is 0 Å². The quantitative estimate of drug-likeness (QED) is 0.462. The number of nitrogens with one attached hydrogen (secondary N) is 2. The van der Waals surface area contributed by atoms with Crippen LogP contribution in [0.2, 0.25) is 5.02 Å². The van der Waals surface area contributed by atoms with E-state index in [4.69, 9.17) is 21.3 Å². The molecule has 1 spiro atoms. The van der Waals surface area contributed by atoms with E-state index < -0.39 is 12.1 Å². The van der Waals surface area contributed by atoms with Gasteiger partial charge < -0.3 is 20.5 Å². The molecule has 1 aliphatic carbocycles. The maximum Gasteiger partial charge on any atom is 0.218 e. The van der Waals surface area contributed by atoms with Crippen molar-refractivity contribution in [2.24, 2.45) is 11.3 Å². The average Bonchev–Trinajstić information content (AvgIpc) is 2.81. The van der Waals surface area contributed by atoms with Gasteiger partial charge in [0.05, 0.1) is 12.1 Å². The number of benzene rings is 1. The number of carbonyl (C=O) groups is 1. The predicted molar refractivity (Wildman–Crippen MR) is 143 cm³/mol. The van der Waals surface area contributed by atoms with Gasteiger partial charge in [-0.15, -0.1) is 0 Å². The number of hydrogen-bond donors (Lipinski definition) is 3. The first-order valence-electron chi connectivity index (χ1n) is 13.0. The molecule has 1 fully saturated rings. The van der Waals surface area contributed by atoms with Crippen LogP contribution >= 0.6 is 11.6 Å². The monoisotopic (exact) mass is 513 g/mol. The van der Waals surface area contributed by atoms with Crippen molar-refractivity contribution in [1.29, 1.82) is 0 Å². The van der Waals surface area contributed by atoms with Crippen molar-refractivity contribution in [3.63, 3.8) is 0 Å². The highest BCUT2D eigenvalue weighted by atomic mass is 35.5. The Morgan fingerprint density at radius 1 is 1.28 bits per heavy atom. The number of nitrogens with zero attached hydrogens (tertiary/aromatic N) is 1. The molecule has 0 bridgehead atoms. The van der Waals surface area contributed by atoms with Gasteiger partial charge in [0.15, 0.2) is 0 Å². The van der Waals surface area contributed by atoms with Gasteiger partial charge >= 0.3 is 0 Å². The number of rotatable bonds is 8. The van der Waals surface area contributed by atoms with E-state index in [0.29, 0.717) is 29.8 Å². The van der Waals surface area contributed by atoms with Crippen molar-refractivity contribution < 1.29 is 14.6 Å². The standard InChI is InChI=1S/C29H40ClN3O3/c1-18-10-11-29(18)15-25(23-12-21(14-28(3,4)5)16-32-27(23)36-29)31-17-26(35)24(33-19(2)34)13-20-6-8-22(30)9-7-20/h6-9,12,16,18,24-26,31,35H,10-11,13-15,17H2,1-5H3,(H,33,34)/t18-,24-,25-,26+,29+/m0/s1. The van der Waals surface area contributed by atoms with E-state index in [1.807, 2.05) is 30.5 Å². The lowest BCUT2D eigenvalue weighted by Gasteiger charge is -2.52. The summed E-state index contributed by atoms with van der Waals surface area (Å²) in [6, 6.07) is 9.32. The minimum atomic E-state index is -0.767. The SMILES string of the molecule is CC(=O)N[C@@H](Cc1ccc(Cl)cc1)[C@H](O)CN[C@H]1C[C@@]2(CC[C@@H]2C)Oc2ncc(CC(C)(C)C)cc21. The molecule has 3 N–H and O–H groups in total. The van der Waals surface area contributed by atoms with Crippen molar-refractivity contribution >= 4 is 17.5 Å². The van der Waals surface area contributed by atoms with Crippen molar-refractivity contribution in [3.8, 4) is 5.88 Å². The minimum absolute atomic E-state index is 0.0204. The maximum absolute atomic E-state index is 11.9. The molecule has 1 aliphatic heterocycles. The molecule has 0 unspecified atom stereocenters. The smallest absolute Gasteiger partial charge is 0.218 e. The third kappa shape index (κ3) is 6.39. The predicted octanol–water partition coefficient (Wildman–Crippen LogP) is 5.01. The van der Waals surface area contributed by atoms with E-state index in [1.165, 1.54) is 12.5 Å². The lowest BCUT2D eigenvalue weighted by molar-refractivity contribution is -0.120. The van der Waals surface area contributed by atoms with Gasteiger partial charge in [-0.1, -0.05) is 51.4 Å². The van der Waals surface area contributed by atoms with Gasteiger partial charge in [0, 0.05) is 42.7 Å². The summed E-state index contributed by atoms with van der Waals surface area (Å²) in [5.41, 5.74) is 3.21. The van der Waals surface area contributed by atoms with E-state index >= 15 is 0 Å². The number of amides is 1. The molecular formula is C29H40ClN3O3. The van der Waals surface area contributed by atoms with Crippen LogP contribution in [0.3, 0.4) is 0 Å². The van der Waals surface area contributed by atoms with Crippen molar-refractivity contribution in [1.82, 2.24) is 15.6 Å². The number of aromatic nitrogens is 1. The maximum atomic E-state index is 11.9. The molecule has 6 nitrogen and oxygen atoms in total. The highest BCUT2D eigenvalue weighted by Gasteiger charge is 2.51. The van der Waals surface area contributed by atoms with Crippen LogP contribution in [-0.4, -0.2) is 40.3 Å². The molecule has 2 aromatic rings. The summed E-state index contributed by atoms with van der Waals surface area (Å²) in [5.74, 6) is 1.01. The third-order valence-electron chi connectivity index (χ3n) is 7.59. The summed E-state index contributed by atoms with van der Waals surface area (Å²) >= 11 is 6.02. The molecule has 2 heterocycles. The number of pyridine rings is 1. The highest BCUT2D eigenvalue weighted by molar-refractivity contribution is 6.30. The zero-order valence-electron chi connectivity index (χ0n) is 22.1. The van der Waals surface area contributed by atoms with Crippen LogP contribution < -0.4 is 15.4 Å². The Kier molecular flexibility index (Phi) is 7.98. The molecule has 0 saturated heterocycles. The number of aliphatic hydroxyl groups excluding tert-OH is 1. The van der Waals surface area contributed by atoms with Crippen molar-refractivity contribution in [2.45, 2.75) is 90.5 Å². The summed E-state index contributed by atoms with van der Waals surface area (Å²) in [6.45, 7) is 10.7. The van der Waals surface area contributed by atoms with E-state index in [-0.39, 0.29) is 23.0 Å². The summed E-state index contributed by atoms with van der Waals surface area (Å²) in [5, 5.41) is 18.4. The lowest BCUT2D eigenvalue weighted by atomic mass is 9.65. The van der Waals surface area contributed by atoms with E-state index in [0.717, 1.165) is 36.8 Å². The van der Waals surface area contributed by atoms with Crippen LogP contribution in [-0.2, 0) is 17.6 Å². The number of hydrogen-bond acceptors (Lipinski definition) is 5. The zero-order valence-corrected chi connectivity index (χ0v) is 22.9. The Balaban J connectivity index is 1.52. The molecule has 1 amide bonds. The van der Waals surface area contributed by atoms with Crippen LogP contribution in [0.25, 0.3) is 0 Å². The molecule has 1 aromatic carbocycles. The van der Waals surface area contributed by atoms with E-state index in [2.05, 4.69) is 44.4 Å². The van der Waals surface area contributed by atoms with Gasteiger partial charge in [-0.25, -0.2) is 4.98 Å². The molecule has 4 rings (SSSR count). The van der Waals surface area contributed by atoms with Gasteiger partial charge in [0.1, 0.15) is 5.60 Å². The second kappa shape index (κ2) is 10.7. The average molecular weight is 514 g/mol. The summed E-state index contributed by atoms with van der Waals surface area (Å²) in [4.78, 5) is 16.6. The number of ether oxygens (including phenoxy) is 1. The second-order valence-corrected chi connectivity index (χ2v) is 12.4. The Morgan fingerprint density at radius 2 is 2.00 bits per heavy atom. The van der Waals surface area contributed by atoms with Crippen LogP contribution in [0.1, 0.15) is 76.6 Å². The molecule has 196 valence electrons. The van der Waals surface area contributed by atoms with Gasteiger partial charge in [-0.05, 0) is 66.3 Å². The molecule has 36 heavy (non-hydrogen) atoms. The van der Waals surface area contributed by atoms with Gasteiger partial charge in [0.25, 0.3) is 0 Å². The van der Waals surface area contributed by atoms with Gasteiger partial charge in [-0.3, -0.25) is 4.79 Å². The highest BCUT2D eigenvalue weighted by Crippen LogP contribution is 2.51. The normalized spacial score (nSPS) is 24.9. The number of halogens is 1. The fourth-order valence-electron chi connectivity index (χ4n) is 5.46. The second-order valence-electron chi connectivity index (χ2n) is 12.0. The first kappa shape index (κ1) is 26.9. The molecule has 2 aliphatic rings. The Labute approximate surface area is 220 Å². The fourth-order valence-corrected chi connectivity index (χ4v) is 5.59. The largest absolute Gasteiger partial charge is 0.470 e. The Morgan fingerprint density at radius 3 is 2.58 bits per heavy atom. The Bertz CT molecular complexity index is 1070. The summed E-state index contributed by atoms with van der Waals surface area (Å²) in [7, 11) is 0. The third-order valence-corrected chi connectivity index (χ3v) is 7.84. The molecule has 0 radical (unpaired) electrons. The summed E-state index contributed by atoms with van der Waals surface area (Å²) in [6.07, 6.45) is 5.63. The van der Waals surface area contributed by atoms with Crippen LogP contribution in [0.15, 0.2) is 36.5 Å².